The lowest BCUT2D eigenvalue weighted by Crippen LogP contribution is -2.26. The Morgan fingerprint density at radius 2 is 1.81 bits per heavy atom. The second-order valence-electron chi connectivity index (χ2n) is 7.29. The van der Waals surface area contributed by atoms with Crippen molar-refractivity contribution in [3.63, 3.8) is 0 Å². The van der Waals surface area contributed by atoms with E-state index < -0.39 is 0 Å². The van der Waals surface area contributed by atoms with E-state index in [1.165, 1.54) is 12.3 Å². The summed E-state index contributed by atoms with van der Waals surface area (Å²) in [5.74, 6) is -0.519. The molecule has 1 aromatic heterocycles. The van der Waals surface area contributed by atoms with E-state index in [2.05, 4.69) is 43.3 Å². The average molecular weight is 353 g/mol. The van der Waals surface area contributed by atoms with E-state index in [0.29, 0.717) is 12.1 Å². The number of carbonyl (C=O) groups excluding carboxylic acids is 2. The predicted molar refractivity (Wildman–Crippen MR) is 105 cm³/mol. The second-order valence-corrected chi connectivity index (χ2v) is 7.29. The molecule has 0 radical (unpaired) electrons. The monoisotopic (exact) mass is 353 g/mol. The minimum absolute atomic E-state index is 0.0908. The van der Waals surface area contributed by atoms with Gasteiger partial charge in [0.2, 0.25) is 0 Å². The zero-order chi connectivity index (χ0) is 19.2. The first-order valence-corrected chi connectivity index (χ1v) is 8.98. The van der Waals surface area contributed by atoms with Crippen LogP contribution < -0.4 is 10.6 Å². The lowest BCUT2D eigenvalue weighted by Gasteiger charge is -2.23. The zero-order valence-corrected chi connectivity index (χ0v) is 15.9. The van der Waals surface area contributed by atoms with Gasteiger partial charge in [0.05, 0.1) is 0 Å². The fraction of sp³-hybridized carbons (Fsp3) is 0.381. The largest absolute Gasteiger partial charge is 0.351 e. The Hall–Kier alpha value is -2.69. The van der Waals surface area contributed by atoms with Crippen LogP contribution in [0.2, 0.25) is 0 Å². The molecule has 5 nitrogen and oxygen atoms in total. The number of para-hydroxylation sites is 1. The van der Waals surface area contributed by atoms with Gasteiger partial charge in [-0.2, -0.15) is 0 Å². The SMILES string of the molecule is CCCCNC(=O)c1cc(C(=O)Nc2ccccc2C(C)(C)C)ccn1. The van der Waals surface area contributed by atoms with Crippen LogP contribution in [0.15, 0.2) is 42.6 Å². The lowest BCUT2D eigenvalue weighted by atomic mass is 9.86. The summed E-state index contributed by atoms with van der Waals surface area (Å²) in [5.41, 5.74) is 2.39. The van der Waals surface area contributed by atoms with E-state index in [-0.39, 0.29) is 22.9 Å². The molecule has 1 heterocycles. The summed E-state index contributed by atoms with van der Waals surface area (Å²) in [5, 5.41) is 5.76. The van der Waals surface area contributed by atoms with Crippen molar-refractivity contribution in [2.75, 3.05) is 11.9 Å². The van der Waals surface area contributed by atoms with Gasteiger partial charge < -0.3 is 10.6 Å². The van der Waals surface area contributed by atoms with Crippen molar-refractivity contribution in [2.24, 2.45) is 0 Å². The first kappa shape index (κ1) is 19.6. The maximum Gasteiger partial charge on any atom is 0.269 e. The number of hydrogen-bond donors (Lipinski definition) is 2. The number of nitrogens with one attached hydrogen (secondary N) is 2. The molecule has 2 N–H and O–H groups in total. The molecule has 0 spiro atoms. The summed E-state index contributed by atoms with van der Waals surface area (Å²) in [6, 6.07) is 10.9. The number of nitrogens with zero attached hydrogens (tertiary/aromatic N) is 1. The van der Waals surface area contributed by atoms with Crippen molar-refractivity contribution in [3.05, 3.63) is 59.4 Å². The van der Waals surface area contributed by atoms with Crippen molar-refractivity contribution in [1.82, 2.24) is 10.3 Å². The van der Waals surface area contributed by atoms with Crippen molar-refractivity contribution >= 4 is 17.5 Å². The highest BCUT2D eigenvalue weighted by molar-refractivity contribution is 6.06. The van der Waals surface area contributed by atoms with Crippen LogP contribution in [0, 0.1) is 0 Å². The summed E-state index contributed by atoms with van der Waals surface area (Å²) in [7, 11) is 0. The third kappa shape index (κ3) is 5.15. The average Bonchev–Trinajstić information content (AvgIpc) is 2.61. The number of hydrogen-bond acceptors (Lipinski definition) is 3. The number of unbranched alkanes of at least 4 members (excludes halogenated alkanes) is 1. The van der Waals surface area contributed by atoms with Crippen molar-refractivity contribution < 1.29 is 9.59 Å². The molecule has 0 aliphatic carbocycles. The van der Waals surface area contributed by atoms with Gasteiger partial charge >= 0.3 is 0 Å². The molecule has 138 valence electrons. The minimum atomic E-state index is -0.261. The van der Waals surface area contributed by atoms with Crippen molar-refractivity contribution in [2.45, 2.75) is 46.0 Å². The molecule has 0 fully saturated rings. The van der Waals surface area contributed by atoms with Crippen LogP contribution in [0.25, 0.3) is 0 Å². The van der Waals surface area contributed by atoms with Gasteiger partial charge in [0.15, 0.2) is 0 Å². The Bertz CT molecular complexity index is 779. The number of benzene rings is 1. The fourth-order valence-electron chi connectivity index (χ4n) is 2.61. The molecule has 5 heteroatoms. The lowest BCUT2D eigenvalue weighted by molar-refractivity contribution is 0.0948. The Kier molecular flexibility index (Phi) is 6.50. The maximum atomic E-state index is 12.7. The van der Waals surface area contributed by atoms with Gasteiger partial charge in [0, 0.05) is 24.0 Å². The van der Waals surface area contributed by atoms with Gasteiger partial charge in [0.1, 0.15) is 5.69 Å². The normalized spacial score (nSPS) is 11.1. The molecular weight excluding hydrogens is 326 g/mol. The molecule has 0 aliphatic heterocycles. The zero-order valence-electron chi connectivity index (χ0n) is 15.9. The van der Waals surface area contributed by atoms with Crippen LogP contribution in [0.3, 0.4) is 0 Å². The van der Waals surface area contributed by atoms with Crippen molar-refractivity contribution in [1.29, 1.82) is 0 Å². The minimum Gasteiger partial charge on any atom is -0.351 e. The molecule has 2 rings (SSSR count). The molecule has 2 amide bonds. The molecule has 0 aliphatic rings. The molecule has 2 aromatic rings. The quantitative estimate of drug-likeness (QED) is 0.766. The number of carbonyl (C=O) groups is 2. The van der Waals surface area contributed by atoms with E-state index in [1.807, 2.05) is 24.3 Å². The number of amides is 2. The molecule has 0 saturated carbocycles. The standard InChI is InChI=1S/C21H27N3O2/c1-5-6-12-23-20(26)18-14-15(11-13-22-18)19(25)24-17-10-8-7-9-16(17)21(2,3)4/h7-11,13-14H,5-6,12H2,1-4H3,(H,23,26)(H,24,25). The van der Waals surface area contributed by atoms with E-state index in [1.54, 1.807) is 6.07 Å². The first-order valence-electron chi connectivity index (χ1n) is 8.98. The summed E-state index contributed by atoms with van der Waals surface area (Å²) < 4.78 is 0. The molecule has 0 atom stereocenters. The van der Waals surface area contributed by atoms with Gasteiger partial charge in [-0.15, -0.1) is 0 Å². The van der Waals surface area contributed by atoms with Crippen LogP contribution in [0.5, 0.6) is 0 Å². The maximum absolute atomic E-state index is 12.7. The topological polar surface area (TPSA) is 71.1 Å². The van der Waals surface area contributed by atoms with Gasteiger partial charge in [0.25, 0.3) is 11.8 Å². The fourth-order valence-corrected chi connectivity index (χ4v) is 2.61. The number of anilines is 1. The van der Waals surface area contributed by atoms with E-state index in [0.717, 1.165) is 24.1 Å². The third-order valence-corrected chi connectivity index (χ3v) is 4.05. The Balaban J connectivity index is 2.16. The van der Waals surface area contributed by atoms with E-state index in [4.69, 9.17) is 0 Å². The Labute approximate surface area is 155 Å². The second kappa shape index (κ2) is 8.61. The van der Waals surface area contributed by atoms with Crippen LogP contribution in [-0.4, -0.2) is 23.3 Å². The smallest absolute Gasteiger partial charge is 0.269 e. The highest BCUT2D eigenvalue weighted by Crippen LogP contribution is 2.29. The summed E-state index contributed by atoms with van der Waals surface area (Å²) in [6.07, 6.45) is 3.40. The van der Waals surface area contributed by atoms with E-state index in [9.17, 15) is 9.59 Å². The summed E-state index contributed by atoms with van der Waals surface area (Å²) in [6.45, 7) is 8.96. The van der Waals surface area contributed by atoms with Crippen LogP contribution in [0.4, 0.5) is 5.69 Å². The highest BCUT2D eigenvalue weighted by atomic mass is 16.2. The van der Waals surface area contributed by atoms with Gasteiger partial charge in [-0.25, -0.2) is 0 Å². The number of aromatic nitrogens is 1. The van der Waals surface area contributed by atoms with E-state index >= 15 is 0 Å². The summed E-state index contributed by atoms with van der Waals surface area (Å²) >= 11 is 0. The van der Waals surface area contributed by atoms with Gasteiger partial charge in [-0.1, -0.05) is 52.3 Å². The highest BCUT2D eigenvalue weighted by Gasteiger charge is 2.19. The van der Waals surface area contributed by atoms with Gasteiger partial charge in [-0.05, 0) is 35.6 Å². The Morgan fingerprint density at radius 3 is 2.50 bits per heavy atom. The van der Waals surface area contributed by atoms with Crippen LogP contribution in [0.1, 0.15) is 66.9 Å². The molecule has 0 unspecified atom stereocenters. The predicted octanol–water partition coefficient (Wildman–Crippen LogP) is 4.16. The Morgan fingerprint density at radius 1 is 1.08 bits per heavy atom. The van der Waals surface area contributed by atoms with Crippen LogP contribution >= 0.6 is 0 Å². The number of rotatable bonds is 6. The van der Waals surface area contributed by atoms with Crippen LogP contribution in [-0.2, 0) is 5.41 Å². The summed E-state index contributed by atoms with van der Waals surface area (Å²) in [4.78, 5) is 28.9. The van der Waals surface area contributed by atoms with Crippen molar-refractivity contribution in [3.8, 4) is 0 Å². The third-order valence-electron chi connectivity index (χ3n) is 4.05. The van der Waals surface area contributed by atoms with Gasteiger partial charge in [-0.3, -0.25) is 14.6 Å². The molecule has 26 heavy (non-hydrogen) atoms. The molecule has 0 saturated heterocycles. The first-order chi connectivity index (χ1) is 12.3. The molecular formula is C21H27N3O2. The molecule has 0 bridgehead atoms. The number of pyridine rings is 1. The molecule has 1 aromatic carbocycles.